The van der Waals surface area contributed by atoms with Crippen LogP contribution in [0.5, 0.6) is 17.2 Å². The van der Waals surface area contributed by atoms with Crippen LogP contribution in [0.2, 0.25) is 0 Å². The van der Waals surface area contributed by atoms with Crippen LogP contribution in [0.1, 0.15) is 33.7 Å². The van der Waals surface area contributed by atoms with Crippen molar-refractivity contribution in [2.45, 2.75) is 24.4 Å². The molecule has 1 saturated heterocycles. The van der Waals surface area contributed by atoms with E-state index in [2.05, 4.69) is 20.8 Å². The quantitative estimate of drug-likeness (QED) is 0.0664. The molecule has 0 spiro atoms. The Hall–Kier alpha value is -5.75. The number of nitrogens with one attached hydrogen (secondary N) is 2. The number of phenolic OH excluding ortho intramolecular Hbond substituents is 3. The van der Waals surface area contributed by atoms with E-state index in [1.807, 2.05) is 0 Å². The van der Waals surface area contributed by atoms with E-state index in [9.17, 15) is 44.4 Å². The summed E-state index contributed by atoms with van der Waals surface area (Å²) < 4.78 is 10.6. The van der Waals surface area contributed by atoms with E-state index >= 15 is 0 Å². The molecule has 1 fully saturated rings. The van der Waals surface area contributed by atoms with Gasteiger partial charge in [0, 0.05) is 24.3 Å². The van der Waals surface area contributed by atoms with E-state index < -0.39 is 69.3 Å². The number of hydrogen-bond acceptors (Lipinski definition) is 14. The fraction of sp³-hybridized carbons (Fsp3) is 0.172. The molecule has 2 aliphatic rings. The standard InChI is InChI=1S/C29H21N5O11S2/c1-10-32-33-26(45-10)23(46)15-9-47-28-20(27(41)34(28)21(15)29(42)43)31-25(40)19(11-2-4-12(35)5-3-11)30-24(39)14-8-44-18-7-17(37)16(36)6-13(18)22(14)38/h2-8,19-20,28,35-37H,9H2,1H3,(H,30,39)(H,31,40)(H,42,43)/t19?,20-,28+/m1/s1. The molecule has 4 heterocycles. The smallest absolute Gasteiger partial charge is 0.353 e. The van der Waals surface area contributed by atoms with Gasteiger partial charge in [0.15, 0.2) is 11.5 Å². The van der Waals surface area contributed by atoms with Crippen molar-refractivity contribution >= 4 is 63.5 Å². The molecule has 0 saturated carbocycles. The Kier molecular flexibility index (Phi) is 7.90. The molecule has 0 aliphatic carbocycles. The van der Waals surface area contributed by atoms with Crippen molar-refractivity contribution in [3.63, 3.8) is 0 Å². The number of aromatic nitrogens is 2. The van der Waals surface area contributed by atoms with Crippen molar-refractivity contribution in [3.8, 4) is 17.2 Å². The van der Waals surface area contributed by atoms with Gasteiger partial charge < -0.3 is 39.9 Å². The van der Waals surface area contributed by atoms with Gasteiger partial charge in [0.05, 0.1) is 5.39 Å². The number of nitrogens with zero attached hydrogens (tertiary/aromatic N) is 3. The Labute approximate surface area is 271 Å². The molecule has 1 unspecified atom stereocenters. The first-order valence-corrected chi connectivity index (χ1v) is 14.9. The number of benzene rings is 2. The van der Waals surface area contributed by atoms with Crippen molar-refractivity contribution < 1.29 is 48.4 Å². The number of aliphatic carboxylic acids is 1. The second-order valence-corrected chi connectivity index (χ2v) is 11.8. The third-order valence-electron chi connectivity index (χ3n) is 7.34. The Bertz CT molecular complexity index is 2110. The van der Waals surface area contributed by atoms with Gasteiger partial charge >= 0.3 is 5.97 Å². The van der Waals surface area contributed by atoms with Crippen molar-refractivity contribution in [1.82, 2.24) is 25.7 Å². The van der Waals surface area contributed by atoms with Gasteiger partial charge in [0.25, 0.3) is 17.7 Å². The van der Waals surface area contributed by atoms with Crippen LogP contribution < -0.4 is 16.1 Å². The molecule has 2 aliphatic heterocycles. The molecule has 6 N–H and O–H groups in total. The summed E-state index contributed by atoms with van der Waals surface area (Å²) in [5, 5.41) is 50.7. The molecule has 6 rings (SSSR count). The number of fused-ring (bicyclic) bond motifs is 2. The Morgan fingerprint density at radius 3 is 2.45 bits per heavy atom. The first-order chi connectivity index (χ1) is 22.3. The molecule has 0 bridgehead atoms. The highest BCUT2D eigenvalue weighted by Gasteiger charge is 2.55. The zero-order valence-corrected chi connectivity index (χ0v) is 25.4. The molecule has 2 aromatic heterocycles. The van der Waals surface area contributed by atoms with Crippen molar-refractivity contribution in [2.24, 2.45) is 0 Å². The monoisotopic (exact) mass is 679 g/mol. The van der Waals surface area contributed by atoms with Crippen molar-refractivity contribution in [1.29, 1.82) is 0 Å². The topological polar surface area (TPSA) is 246 Å². The van der Waals surface area contributed by atoms with Gasteiger partial charge in [0.2, 0.25) is 17.2 Å². The number of carbonyl (C=O) groups excluding carboxylic acids is 3. The van der Waals surface area contributed by atoms with Crippen molar-refractivity contribution in [3.05, 3.63) is 87.1 Å². The highest BCUT2D eigenvalue weighted by molar-refractivity contribution is 8.00. The second kappa shape index (κ2) is 11.9. The van der Waals surface area contributed by atoms with Crippen molar-refractivity contribution in [2.75, 3.05) is 5.75 Å². The third kappa shape index (κ3) is 5.52. The average Bonchev–Trinajstić information content (AvgIpc) is 3.48. The summed E-state index contributed by atoms with van der Waals surface area (Å²) in [5.74, 6) is -5.29. The van der Waals surface area contributed by atoms with Gasteiger partial charge in [0.1, 0.15) is 51.2 Å². The van der Waals surface area contributed by atoms with Crippen LogP contribution in [-0.2, 0) is 14.4 Å². The zero-order valence-electron chi connectivity index (χ0n) is 23.8. The van der Waals surface area contributed by atoms with Crippen LogP contribution in [-0.4, -0.2) is 81.2 Å². The van der Waals surface area contributed by atoms with Crippen LogP contribution in [0.25, 0.3) is 11.0 Å². The number of thiocarbonyl (C=S) groups is 1. The van der Waals surface area contributed by atoms with Crippen LogP contribution >= 0.6 is 24.0 Å². The zero-order chi connectivity index (χ0) is 33.7. The number of aromatic hydroxyl groups is 3. The molecule has 2 aromatic carbocycles. The molecule has 3 amide bonds. The van der Waals surface area contributed by atoms with Gasteiger partial charge in [-0.15, -0.1) is 22.0 Å². The molecule has 3 atom stereocenters. The maximum Gasteiger partial charge on any atom is 0.353 e. The summed E-state index contributed by atoms with van der Waals surface area (Å²) in [7, 11) is 0. The van der Waals surface area contributed by atoms with Gasteiger partial charge in [-0.05, 0) is 23.8 Å². The van der Waals surface area contributed by atoms with E-state index in [1.165, 1.54) is 31.2 Å². The summed E-state index contributed by atoms with van der Waals surface area (Å²) >= 11 is 6.51. The Morgan fingerprint density at radius 2 is 1.79 bits per heavy atom. The summed E-state index contributed by atoms with van der Waals surface area (Å²) in [6, 6.07) is 4.39. The first-order valence-electron chi connectivity index (χ1n) is 13.5. The van der Waals surface area contributed by atoms with Crippen LogP contribution in [0.15, 0.2) is 67.6 Å². The lowest BCUT2D eigenvalue weighted by Gasteiger charge is -2.49. The fourth-order valence-electron chi connectivity index (χ4n) is 5.03. The summed E-state index contributed by atoms with van der Waals surface area (Å²) in [6.07, 6.45) is 0.825. The van der Waals surface area contributed by atoms with E-state index in [-0.39, 0.29) is 50.3 Å². The average molecular weight is 680 g/mol. The van der Waals surface area contributed by atoms with Gasteiger partial charge in [-0.2, -0.15) is 0 Å². The number of phenols is 3. The van der Waals surface area contributed by atoms with Gasteiger partial charge in [-0.25, -0.2) is 4.79 Å². The normalized spacial score (nSPS) is 17.9. The minimum atomic E-state index is -1.51. The molecule has 18 heteroatoms. The molecule has 47 heavy (non-hydrogen) atoms. The number of carboxylic acids is 1. The van der Waals surface area contributed by atoms with Gasteiger partial charge in [-0.1, -0.05) is 24.4 Å². The predicted octanol–water partition coefficient (Wildman–Crippen LogP) is 1.23. The Morgan fingerprint density at radius 1 is 1.09 bits per heavy atom. The number of carbonyl (C=O) groups is 4. The van der Waals surface area contributed by atoms with E-state index in [1.54, 1.807) is 0 Å². The lowest BCUT2D eigenvalue weighted by atomic mass is 9.99. The van der Waals surface area contributed by atoms with Crippen LogP contribution in [0, 0.1) is 6.92 Å². The van der Waals surface area contributed by atoms with E-state index in [0.29, 0.717) is 0 Å². The minimum Gasteiger partial charge on any atom is -0.508 e. The molecular weight excluding hydrogens is 658 g/mol. The summed E-state index contributed by atoms with van der Waals surface area (Å²) in [5.41, 5.74) is -1.64. The second-order valence-electron chi connectivity index (χ2n) is 10.3. The lowest BCUT2D eigenvalue weighted by molar-refractivity contribution is -0.150. The summed E-state index contributed by atoms with van der Waals surface area (Å²) in [6.45, 7) is 1.53. The van der Waals surface area contributed by atoms with E-state index in [4.69, 9.17) is 21.1 Å². The Balaban J connectivity index is 1.26. The SMILES string of the molecule is Cc1nnc(C(=S)C2=C(C(=O)O)N3C(=O)[C@@H](NC(=O)C(NC(=O)c4coc5cc(O)c(O)cc5c4=O)c4ccc(O)cc4)[C@@H]3SC2)o1. The number of carboxylic acid groups (broad SMARTS) is 1. The first kappa shape index (κ1) is 31.2. The predicted molar refractivity (Wildman–Crippen MR) is 165 cm³/mol. The van der Waals surface area contributed by atoms with Crippen LogP contribution in [0.4, 0.5) is 0 Å². The maximum atomic E-state index is 13.7. The molecular formula is C29H21N5O11S2. The minimum absolute atomic E-state index is 0.0328. The number of aryl methyl sites for hydroxylation is 1. The number of thioether (sulfide) groups is 1. The molecule has 4 aromatic rings. The maximum absolute atomic E-state index is 13.7. The molecule has 16 nitrogen and oxygen atoms in total. The number of β-lactam (4-membered cyclic amide) rings is 1. The lowest BCUT2D eigenvalue weighted by Crippen LogP contribution is -2.71. The third-order valence-corrected chi connectivity index (χ3v) is 9.04. The highest BCUT2D eigenvalue weighted by atomic mass is 32.2. The number of hydrogen-bond donors (Lipinski definition) is 6. The summed E-state index contributed by atoms with van der Waals surface area (Å²) in [4.78, 5) is 66.6. The van der Waals surface area contributed by atoms with E-state index in [0.717, 1.165) is 35.1 Å². The molecule has 240 valence electrons. The number of rotatable bonds is 8. The van der Waals surface area contributed by atoms with Crippen LogP contribution in [0.3, 0.4) is 0 Å². The number of amides is 3. The largest absolute Gasteiger partial charge is 0.508 e. The van der Waals surface area contributed by atoms with Gasteiger partial charge in [-0.3, -0.25) is 24.1 Å². The fourth-order valence-corrected chi connectivity index (χ4v) is 6.73. The molecule has 0 radical (unpaired) electrons. The highest BCUT2D eigenvalue weighted by Crippen LogP contribution is 2.41.